The molecule has 2 heterocycles. The van der Waals surface area contributed by atoms with E-state index < -0.39 is 11.5 Å². The van der Waals surface area contributed by atoms with Gasteiger partial charge in [0.2, 0.25) is 0 Å². The molecule has 3 rings (SSSR count). The van der Waals surface area contributed by atoms with Crippen LogP contribution in [0.1, 0.15) is 22.5 Å². The van der Waals surface area contributed by atoms with E-state index in [1.165, 1.54) is 4.57 Å². The van der Waals surface area contributed by atoms with Crippen LogP contribution in [0.3, 0.4) is 0 Å². The number of methoxy groups -OCH3 is 1. The lowest BCUT2D eigenvalue weighted by atomic mass is 10.1. The molecule has 146 valence electrons. The molecule has 0 fully saturated rings. The van der Waals surface area contributed by atoms with Gasteiger partial charge >= 0.3 is 0 Å². The summed E-state index contributed by atoms with van der Waals surface area (Å²) in [6.45, 7) is 1.29. The Balaban J connectivity index is 1.78. The van der Waals surface area contributed by atoms with E-state index in [2.05, 4.69) is 15.3 Å². The van der Waals surface area contributed by atoms with Gasteiger partial charge in [-0.1, -0.05) is 23.7 Å². The van der Waals surface area contributed by atoms with Crippen molar-refractivity contribution in [2.24, 2.45) is 0 Å². The van der Waals surface area contributed by atoms with E-state index in [1.54, 1.807) is 37.6 Å². The summed E-state index contributed by atoms with van der Waals surface area (Å²) in [6.07, 6.45) is 2.85. The lowest BCUT2D eigenvalue weighted by Gasteiger charge is -2.11. The van der Waals surface area contributed by atoms with Gasteiger partial charge in [-0.15, -0.1) is 0 Å². The molecule has 1 N–H and O–H groups in total. The SMILES string of the molecule is COCCCn1c(=O)c(C(=O)NCCc2ccc(Cl)cc2)nc2cccnc21. The van der Waals surface area contributed by atoms with Gasteiger partial charge in [0.1, 0.15) is 5.52 Å². The molecule has 0 unspecified atom stereocenters. The van der Waals surface area contributed by atoms with Crippen molar-refractivity contribution in [3.63, 3.8) is 0 Å². The molecular weight excluding hydrogens is 380 g/mol. The van der Waals surface area contributed by atoms with Gasteiger partial charge in [0.15, 0.2) is 11.3 Å². The van der Waals surface area contributed by atoms with Gasteiger partial charge < -0.3 is 10.1 Å². The molecule has 2 aromatic heterocycles. The highest BCUT2D eigenvalue weighted by Gasteiger charge is 2.17. The predicted molar refractivity (Wildman–Crippen MR) is 108 cm³/mol. The predicted octanol–water partition coefficient (Wildman–Crippen LogP) is 2.45. The molecule has 3 aromatic rings. The van der Waals surface area contributed by atoms with E-state index in [4.69, 9.17) is 16.3 Å². The molecule has 0 aliphatic carbocycles. The molecule has 0 bridgehead atoms. The van der Waals surface area contributed by atoms with E-state index in [9.17, 15) is 9.59 Å². The van der Waals surface area contributed by atoms with Crippen LogP contribution in [0.4, 0.5) is 0 Å². The zero-order valence-corrected chi connectivity index (χ0v) is 16.3. The van der Waals surface area contributed by atoms with E-state index in [1.807, 2.05) is 12.1 Å². The third-order valence-corrected chi connectivity index (χ3v) is 4.51. The van der Waals surface area contributed by atoms with Crippen molar-refractivity contribution in [1.29, 1.82) is 0 Å². The van der Waals surface area contributed by atoms with Crippen molar-refractivity contribution in [1.82, 2.24) is 19.9 Å². The first-order chi connectivity index (χ1) is 13.6. The van der Waals surface area contributed by atoms with Gasteiger partial charge in [-0.3, -0.25) is 14.2 Å². The molecule has 0 aliphatic heterocycles. The number of aromatic nitrogens is 3. The number of ether oxygens (including phenoxy) is 1. The summed E-state index contributed by atoms with van der Waals surface area (Å²) < 4.78 is 6.54. The van der Waals surface area contributed by atoms with Crippen LogP contribution in [0.15, 0.2) is 47.4 Å². The number of rotatable bonds is 8. The van der Waals surface area contributed by atoms with Crippen LogP contribution in [-0.2, 0) is 17.7 Å². The number of nitrogens with zero attached hydrogens (tertiary/aromatic N) is 3. The highest BCUT2D eigenvalue weighted by Crippen LogP contribution is 2.10. The third-order valence-electron chi connectivity index (χ3n) is 4.26. The van der Waals surface area contributed by atoms with Crippen LogP contribution >= 0.6 is 11.6 Å². The highest BCUT2D eigenvalue weighted by molar-refractivity contribution is 6.30. The Morgan fingerprint density at radius 1 is 1.25 bits per heavy atom. The molecule has 1 amide bonds. The average Bonchev–Trinajstić information content (AvgIpc) is 2.71. The molecule has 1 aromatic carbocycles. The van der Waals surface area contributed by atoms with Crippen molar-refractivity contribution in [2.45, 2.75) is 19.4 Å². The molecule has 0 spiro atoms. The first-order valence-corrected chi connectivity index (χ1v) is 9.35. The van der Waals surface area contributed by atoms with Crippen LogP contribution in [0.5, 0.6) is 0 Å². The van der Waals surface area contributed by atoms with E-state index in [-0.39, 0.29) is 5.69 Å². The Kier molecular flexibility index (Phi) is 6.73. The number of hydrogen-bond acceptors (Lipinski definition) is 5. The van der Waals surface area contributed by atoms with Gasteiger partial charge in [0.05, 0.1) is 0 Å². The van der Waals surface area contributed by atoms with Gasteiger partial charge in [0, 0.05) is 38.0 Å². The topological polar surface area (TPSA) is 86.1 Å². The summed E-state index contributed by atoms with van der Waals surface area (Å²) in [4.78, 5) is 33.9. The number of fused-ring (bicyclic) bond motifs is 1. The van der Waals surface area contributed by atoms with Gasteiger partial charge in [-0.2, -0.15) is 0 Å². The minimum Gasteiger partial charge on any atom is -0.385 e. The second-order valence-electron chi connectivity index (χ2n) is 6.24. The number of carbonyl (C=O) groups excluding carboxylic acids is 1. The number of halogens is 1. The Morgan fingerprint density at radius 2 is 2.04 bits per heavy atom. The first-order valence-electron chi connectivity index (χ1n) is 8.97. The molecule has 0 aliphatic rings. The molecule has 28 heavy (non-hydrogen) atoms. The molecule has 7 nitrogen and oxygen atoms in total. The number of nitrogens with one attached hydrogen (secondary N) is 1. The van der Waals surface area contributed by atoms with Crippen molar-refractivity contribution in [3.8, 4) is 0 Å². The number of pyridine rings is 1. The van der Waals surface area contributed by atoms with E-state index in [0.717, 1.165) is 5.56 Å². The Morgan fingerprint density at radius 3 is 2.79 bits per heavy atom. The summed E-state index contributed by atoms with van der Waals surface area (Å²) in [5, 5.41) is 3.43. The van der Waals surface area contributed by atoms with Crippen LogP contribution in [0.2, 0.25) is 5.02 Å². The normalized spacial score (nSPS) is 10.9. The van der Waals surface area contributed by atoms with Crippen molar-refractivity contribution >= 4 is 28.7 Å². The van der Waals surface area contributed by atoms with Crippen LogP contribution in [-0.4, -0.2) is 40.7 Å². The van der Waals surface area contributed by atoms with E-state index >= 15 is 0 Å². The van der Waals surface area contributed by atoms with Crippen LogP contribution in [0.25, 0.3) is 11.2 Å². The third kappa shape index (κ3) is 4.74. The molecule has 8 heteroatoms. The minimum atomic E-state index is -0.495. The number of aryl methyl sites for hydroxylation is 1. The summed E-state index contributed by atoms with van der Waals surface area (Å²) in [5.41, 5.74) is 1.42. The second-order valence-corrected chi connectivity index (χ2v) is 6.68. The largest absolute Gasteiger partial charge is 0.385 e. The van der Waals surface area contributed by atoms with Crippen LogP contribution < -0.4 is 10.9 Å². The first kappa shape index (κ1) is 20.0. The minimum absolute atomic E-state index is 0.131. The maximum Gasteiger partial charge on any atom is 0.283 e. The monoisotopic (exact) mass is 400 g/mol. The van der Waals surface area contributed by atoms with Crippen molar-refractivity contribution in [2.75, 3.05) is 20.3 Å². The molecule has 0 saturated heterocycles. The maximum atomic E-state index is 12.8. The van der Waals surface area contributed by atoms with E-state index in [0.29, 0.717) is 48.7 Å². The number of hydrogen-bond donors (Lipinski definition) is 1. The summed E-state index contributed by atoms with van der Waals surface area (Å²) in [5.74, 6) is -0.495. The summed E-state index contributed by atoms with van der Waals surface area (Å²) >= 11 is 5.87. The molecule has 0 radical (unpaired) electrons. The summed E-state index contributed by atoms with van der Waals surface area (Å²) in [7, 11) is 1.60. The lowest BCUT2D eigenvalue weighted by molar-refractivity contribution is 0.0947. The maximum absolute atomic E-state index is 12.8. The number of amides is 1. The molecule has 0 atom stereocenters. The fourth-order valence-corrected chi connectivity index (χ4v) is 2.98. The molecule has 0 saturated carbocycles. The zero-order chi connectivity index (χ0) is 19.9. The molecular formula is C20H21ClN4O3. The number of carbonyl (C=O) groups is 1. The average molecular weight is 401 g/mol. The Labute approximate surface area is 167 Å². The summed E-state index contributed by atoms with van der Waals surface area (Å²) in [6, 6.07) is 10.9. The lowest BCUT2D eigenvalue weighted by Crippen LogP contribution is -2.36. The van der Waals surface area contributed by atoms with Gasteiger partial charge in [0.25, 0.3) is 11.5 Å². The van der Waals surface area contributed by atoms with Crippen molar-refractivity contribution < 1.29 is 9.53 Å². The van der Waals surface area contributed by atoms with Gasteiger partial charge in [-0.25, -0.2) is 9.97 Å². The smallest absolute Gasteiger partial charge is 0.283 e. The van der Waals surface area contributed by atoms with Crippen molar-refractivity contribution in [3.05, 3.63) is 69.2 Å². The number of benzene rings is 1. The zero-order valence-electron chi connectivity index (χ0n) is 15.5. The second kappa shape index (κ2) is 9.43. The standard InChI is InChI=1S/C20H21ClN4O3/c1-28-13-3-12-25-18-16(4-2-10-22-18)24-17(20(25)27)19(26)23-11-9-14-5-7-15(21)8-6-14/h2,4-8,10H,3,9,11-13H2,1H3,(H,23,26). The fraction of sp³-hybridized carbons (Fsp3) is 0.300. The Hall–Kier alpha value is -2.77. The van der Waals surface area contributed by atoms with Crippen LogP contribution in [0, 0.1) is 0 Å². The quantitative estimate of drug-likeness (QED) is 0.587. The Bertz CT molecular complexity index is 1020. The van der Waals surface area contributed by atoms with Gasteiger partial charge in [-0.05, 0) is 42.7 Å². The fourth-order valence-electron chi connectivity index (χ4n) is 2.85. The highest BCUT2D eigenvalue weighted by atomic mass is 35.5.